The van der Waals surface area contributed by atoms with Crippen LogP contribution in [0.1, 0.15) is 59.2 Å². The number of fused-ring (bicyclic) bond motifs is 1. The van der Waals surface area contributed by atoms with Gasteiger partial charge in [0.15, 0.2) is 0 Å². The molecular weight excluding hydrogens is 530 g/mol. The molecule has 0 spiro atoms. The van der Waals surface area contributed by atoms with Crippen LogP contribution in [-0.2, 0) is 11.2 Å². The fourth-order valence-electron chi connectivity index (χ4n) is 5.31. The summed E-state index contributed by atoms with van der Waals surface area (Å²) in [4.78, 5) is 36.6. The molecule has 0 radical (unpaired) electrons. The summed E-state index contributed by atoms with van der Waals surface area (Å²) in [5, 5.41) is 9.07. The van der Waals surface area contributed by atoms with E-state index in [-0.39, 0.29) is 11.8 Å². The third kappa shape index (κ3) is 5.89. The summed E-state index contributed by atoms with van der Waals surface area (Å²) in [6.45, 7) is 13.5. The summed E-state index contributed by atoms with van der Waals surface area (Å²) in [5.74, 6) is -0.264. The lowest BCUT2D eigenvalue weighted by molar-refractivity contribution is -0.110. The maximum absolute atomic E-state index is 13.0. The number of amides is 2. The minimum absolute atomic E-state index is 0.101. The number of aromatic nitrogens is 2. The second-order valence-electron chi connectivity index (χ2n) is 10.3. The zero-order valence-corrected chi connectivity index (χ0v) is 25.2. The van der Waals surface area contributed by atoms with E-state index in [0.717, 1.165) is 76.1 Å². The van der Waals surface area contributed by atoms with Crippen molar-refractivity contribution in [2.24, 2.45) is 0 Å². The van der Waals surface area contributed by atoms with Gasteiger partial charge >= 0.3 is 0 Å². The topological polar surface area (TPSA) is 90.1 Å². The second kappa shape index (κ2) is 12.2. The first-order valence-electron chi connectivity index (χ1n) is 14.2. The Bertz CT molecular complexity index is 1630. The average Bonchev–Trinajstić information content (AvgIpc) is 3.67. The summed E-state index contributed by atoms with van der Waals surface area (Å²) in [7, 11) is 0. The highest BCUT2D eigenvalue weighted by atomic mass is 32.1. The Morgan fingerprint density at radius 1 is 1.07 bits per heavy atom. The van der Waals surface area contributed by atoms with Crippen molar-refractivity contribution in [1.82, 2.24) is 20.2 Å². The normalized spacial score (nSPS) is 13.6. The number of carbonyl (C=O) groups excluding carboxylic acids is 2. The van der Waals surface area contributed by atoms with E-state index in [4.69, 9.17) is 4.98 Å². The van der Waals surface area contributed by atoms with Crippen molar-refractivity contribution in [1.29, 1.82) is 0 Å². The lowest BCUT2D eigenvalue weighted by atomic mass is 10.0. The van der Waals surface area contributed by atoms with Crippen molar-refractivity contribution in [2.45, 2.75) is 41.0 Å². The molecule has 0 saturated carbocycles. The van der Waals surface area contributed by atoms with Crippen LogP contribution >= 0.6 is 11.3 Å². The van der Waals surface area contributed by atoms with Gasteiger partial charge in [-0.05, 0) is 68.8 Å². The Kier molecular flexibility index (Phi) is 8.52. The van der Waals surface area contributed by atoms with Crippen molar-refractivity contribution in [3.63, 3.8) is 0 Å². The van der Waals surface area contributed by atoms with E-state index in [0.29, 0.717) is 17.7 Å². The van der Waals surface area contributed by atoms with Gasteiger partial charge in [-0.15, -0.1) is 11.3 Å². The van der Waals surface area contributed by atoms with Gasteiger partial charge in [-0.3, -0.25) is 9.59 Å². The number of thiazole rings is 1. The number of carbonyl (C=O) groups is 2. The first-order valence-corrected chi connectivity index (χ1v) is 15.1. The minimum Gasteiger partial charge on any atom is -0.358 e. The van der Waals surface area contributed by atoms with Crippen LogP contribution in [0.25, 0.3) is 33.5 Å². The first kappa shape index (κ1) is 28.5. The van der Waals surface area contributed by atoms with E-state index >= 15 is 0 Å². The predicted molar refractivity (Wildman–Crippen MR) is 169 cm³/mol. The molecule has 0 fully saturated rings. The van der Waals surface area contributed by atoms with Crippen LogP contribution in [0.3, 0.4) is 0 Å². The highest BCUT2D eigenvalue weighted by molar-refractivity contribution is 7.13. The summed E-state index contributed by atoms with van der Waals surface area (Å²) >= 11 is 1.62. The van der Waals surface area contributed by atoms with Crippen molar-refractivity contribution in [3.8, 4) is 21.8 Å². The summed E-state index contributed by atoms with van der Waals surface area (Å²) in [6, 6.07) is 14.4. The molecule has 0 unspecified atom stereocenters. The van der Waals surface area contributed by atoms with Gasteiger partial charge in [0.2, 0.25) is 0 Å². The molecule has 2 amide bonds. The standard InChI is InChI=1S/C33H37N5O2S/c1-6-22-10-9-11-24(16-22)33-37-29(19-41-33)23-12-13-27-25(17-23)26(31(39)36-27)18-28-20(4)30(21(5)35-28)32(40)34-14-15-38(7-2)8-3/h9-13,16-19,35H,6-8,14-15H2,1-5H3,(H,34,40)(H,36,39)/b26-18-. The van der Waals surface area contributed by atoms with Crippen molar-refractivity contribution in [3.05, 3.63) is 81.5 Å². The number of likely N-dealkylation sites (N-methyl/N-ethyl adjacent to an activating group) is 1. The Balaban J connectivity index is 1.41. The van der Waals surface area contributed by atoms with Crippen molar-refractivity contribution >= 4 is 40.5 Å². The Labute approximate surface area is 245 Å². The van der Waals surface area contributed by atoms with Gasteiger partial charge in [0.1, 0.15) is 5.01 Å². The molecule has 1 aliphatic rings. The molecule has 4 aromatic rings. The number of aryl methyl sites for hydroxylation is 2. The molecular formula is C33H37N5O2S. The van der Waals surface area contributed by atoms with E-state index < -0.39 is 0 Å². The molecule has 2 aromatic carbocycles. The van der Waals surface area contributed by atoms with Crippen LogP contribution in [0, 0.1) is 13.8 Å². The number of benzene rings is 2. The van der Waals surface area contributed by atoms with E-state index in [1.807, 2.05) is 38.1 Å². The second-order valence-corrected chi connectivity index (χ2v) is 11.2. The number of hydrogen-bond acceptors (Lipinski definition) is 5. The van der Waals surface area contributed by atoms with Crippen LogP contribution in [-0.4, -0.2) is 52.9 Å². The molecule has 2 aromatic heterocycles. The summed E-state index contributed by atoms with van der Waals surface area (Å²) in [5.41, 5.74) is 9.38. The third-order valence-electron chi connectivity index (χ3n) is 7.78. The molecule has 0 aliphatic carbocycles. The molecule has 3 N–H and O–H groups in total. The molecule has 0 atom stereocenters. The highest BCUT2D eigenvalue weighted by Crippen LogP contribution is 2.38. The van der Waals surface area contributed by atoms with E-state index in [2.05, 4.69) is 70.9 Å². The Morgan fingerprint density at radius 2 is 1.88 bits per heavy atom. The monoisotopic (exact) mass is 567 g/mol. The molecule has 0 bridgehead atoms. The van der Waals surface area contributed by atoms with Crippen LogP contribution in [0.15, 0.2) is 47.8 Å². The largest absolute Gasteiger partial charge is 0.358 e. The average molecular weight is 568 g/mol. The fraction of sp³-hybridized carbons (Fsp3) is 0.303. The molecule has 5 rings (SSSR count). The third-order valence-corrected chi connectivity index (χ3v) is 8.68. The lowest BCUT2D eigenvalue weighted by Crippen LogP contribution is -2.35. The van der Waals surface area contributed by atoms with Crippen LogP contribution < -0.4 is 10.6 Å². The van der Waals surface area contributed by atoms with Crippen LogP contribution in [0.2, 0.25) is 0 Å². The van der Waals surface area contributed by atoms with E-state index in [1.54, 1.807) is 11.3 Å². The first-order chi connectivity index (χ1) is 19.8. The van der Waals surface area contributed by atoms with Gasteiger partial charge in [0.25, 0.3) is 11.8 Å². The zero-order valence-electron chi connectivity index (χ0n) is 24.4. The van der Waals surface area contributed by atoms with Crippen LogP contribution in [0.5, 0.6) is 0 Å². The van der Waals surface area contributed by atoms with Gasteiger partial charge in [0, 0.05) is 52.2 Å². The number of hydrogen-bond donors (Lipinski definition) is 3. The Morgan fingerprint density at radius 3 is 2.63 bits per heavy atom. The Hall–Kier alpha value is -4.01. The number of aromatic amines is 1. The lowest BCUT2D eigenvalue weighted by Gasteiger charge is -2.18. The predicted octanol–water partition coefficient (Wildman–Crippen LogP) is 6.55. The summed E-state index contributed by atoms with van der Waals surface area (Å²) < 4.78 is 0. The number of rotatable bonds is 10. The van der Waals surface area contributed by atoms with Crippen molar-refractivity contribution < 1.29 is 9.59 Å². The molecule has 7 nitrogen and oxygen atoms in total. The van der Waals surface area contributed by atoms with Gasteiger partial charge in [-0.1, -0.05) is 45.0 Å². The number of anilines is 1. The van der Waals surface area contributed by atoms with E-state index in [1.165, 1.54) is 5.56 Å². The van der Waals surface area contributed by atoms with Gasteiger partial charge in [-0.2, -0.15) is 0 Å². The SMILES string of the molecule is CCc1cccc(-c2nc(-c3ccc4c(c3)/C(=C/c3[nH]c(C)c(C(=O)NCCN(CC)CC)c3C)C(=O)N4)cs2)c1. The molecule has 0 saturated heterocycles. The number of H-pyrrole nitrogens is 1. The fourth-order valence-corrected chi connectivity index (χ4v) is 6.14. The minimum atomic E-state index is -0.163. The molecule has 41 heavy (non-hydrogen) atoms. The molecule has 8 heteroatoms. The summed E-state index contributed by atoms with van der Waals surface area (Å²) in [6.07, 6.45) is 2.83. The maximum Gasteiger partial charge on any atom is 0.256 e. The smallest absolute Gasteiger partial charge is 0.256 e. The van der Waals surface area contributed by atoms with Gasteiger partial charge < -0.3 is 20.5 Å². The molecule has 212 valence electrons. The number of nitrogens with zero attached hydrogens (tertiary/aromatic N) is 2. The number of nitrogens with one attached hydrogen (secondary N) is 3. The molecule has 3 heterocycles. The molecule has 1 aliphatic heterocycles. The van der Waals surface area contributed by atoms with E-state index in [9.17, 15) is 9.59 Å². The maximum atomic E-state index is 13.0. The highest BCUT2D eigenvalue weighted by Gasteiger charge is 2.26. The van der Waals surface area contributed by atoms with Crippen LogP contribution in [0.4, 0.5) is 5.69 Å². The van der Waals surface area contributed by atoms with Gasteiger partial charge in [-0.25, -0.2) is 4.98 Å². The van der Waals surface area contributed by atoms with Gasteiger partial charge in [0.05, 0.1) is 16.8 Å². The quantitative estimate of drug-likeness (QED) is 0.190. The van der Waals surface area contributed by atoms with Crippen molar-refractivity contribution in [2.75, 3.05) is 31.5 Å². The zero-order chi connectivity index (χ0) is 29.1.